The average molecular weight is 528 g/mol. The third kappa shape index (κ3) is 4.73. The van der Waals surface area contributed by atoms with E-state index in [0.717, 1.165) is 27.7 Å². The molecular weight excluding hydrogens is 498 g/mol. The minimum Gasteiger partial charge on any atom is -0.480 e. The molecule has 1 atom stereocenters. The van der Waals surface area contributed by atoms with Crippen LogP contribution < -0.4 is 10.5 Å². The molecule has 0 spiro atoms. The number of nitrogen functional groups attached to an aromatic ring is 1. The van der Waals surface area contributed by atoms with Crippen LogP contribution in [0.4, 0.5) is 5.95 Å². The number of methoxy groups -OCH3 is 1. The first-order valence-electron chi connectivity index (χ1n) is 12.2. The second-order valence-corrected chi connectivity index (χ2v) is 11.1. The van der Waals surface area contributed by atoms with Gasteiger partial charge in [-0.25, -0.2) is 18.4 Å². The van der Waals surface area contributed by atoms with E-state index in [2.05, 4.69) is 29.0 Å². The number of hydrogen-bond donors (Lipinski definition) is 1. The number of pyridine rings is 1. The predicted molar refractivity (Wildman–Crippen MR) is 149 cm³/mol. The molecule has 194 valence electrons. The normalized spacial score (nSPS) is 12.6. The highest BCUT2D eigenvalue weighted by atomic mass is 32.2. The summed E-state index contributed by atoms with van der Waals surface area (Å²) in [6.45, 7) is 2.29. The number of nitrogens with two attached hydrogens (primary N) is 1. The highest BCUT2D eigenvalue weighted by molar-refractivity contribution is 7.89. The lowest BCUT2D eigenvalue weighted by Crippen LogP contribution is -2.27. The van der Waals surface area contributed by atoms with Gasteiger partial charge in [0.25, 0.3) is 0 Å². The summed E-state index contributed by atoms with van der Waals surface area (Å²) in [4.78, 5) is 8.89. The highest BCUT2D eigenvalue weighted by Crippen LogP contribution is 2.33. The number of nitrogens with zero attached hydrogens (tertiary/aromatic N) is 4. The lowest BCUT2D eigenvalue weighted by Gasteiger charge is -2.19. The molecule has 0 saturated heterocycles. The lowest BCUT2D eigenvalue weighted by molar-refractivity contribution is 0.381. The van der Waals surface area contributed by atoms with Crippen molar-refractivity contribution in [3.8, 4) is 17.0 Å². The zero-order valence-electron chi connectivity index (χ0n) is 21.4. The third-order valence-corrected chi connectivity index (χ3v) is 8.47. The predicted octanol–water partition coefficient (Wildman–Crippen LogP) is 5.12. The van der Waals surface area contributed by atoms with Gasteiger partial charge in [-0.05, 0) is 41.8 Å². The molecule has 0 bridgehead atoms. The Balaban J connectivity index is 1.56. The van der Waals surface area contributed by atoms with Crippen LogP contribution in [0.3, 0.4) is 0 Å². The topological polar surface area (TPSA) is 103 Å². The van der Waals surface area contributed by atoms with E-state index in [-0.39, 0.29) is 23.4 Å². The molecule has 2 aromatic heterocycles. The van der Waals surface area contributed by atoms with E-state index in [1.54, 1.807) is 19.3 Å². The molecule has 0 aliphatic heterocycles. The minimum atomic E-state index is -3.90. The number of aromatic nitrogens is 3. The Morgan fingerprint density at radius 3 is 2.34 bits per heavy atom. The van der Waals surface area contributed by atoms with Crippen molar-refractivity contribution < 1.29 is 13.2 Å². The van der Waals surface area contributed by atoms with Crippen molar-refractivity contribution >= 4 is 27.0 Å². The zero-order valence-corrected chi connectivity index (χ0v) is 22.3. The van der Waals surface area contributed by atoms with Gasteiger partial charge in [-0.1, -0.05) is 66.7 Å². The average Bonchev–Trinajstić information content (AvgIpc) is 3.28. The van der Waals surface area contributed by atoms with Crippen LogP contribution in [0.2, 0.25) is 0 Å². The number of fused-ring (bicyclic) bond motifs is 1. The smallest absolute Gasteiger partial charge is 0.248 e. The Morgan fingerprint density at radius 1 is 0.974 bits per heavy atom. The van der Waals surface area contributed by atoms with Crippen LogP contribution >= 0.6 is 0 Å². The molecule has 38 heavy (non-hydrogen) atoms. The quantitative estimate of drug-likeness (QED) is 0.300. The number of sulfonamides is 1. The molecule has 8 nitrogen and oxygen atoms in total. The molecule has 3 aromatic carbocycles. The van der Waals surface area contributed by atoms with E-state index in [1.165, 1.54) is 11.4 Å². The van der Waals surface area contributed by atoms with E-state index in [9.17, 15) is 8.42 Å². The summed E-state index contributed by atoms with van der Waals surface area (Å²) in [5.41, 5.74) is 11.3. The zero-order chi connectivity index (χ0) is 26.9. The largest absolute Gasteiger partial charge is 0.480 e. The first-order chi connectivity index (χ1) is 18.3. The summed E-state index contributed by atoms with van der Waals surface area (Å²) >= 11 is 0. The van der Waals surface area contributed by atoms with Gasteiger partial charge >= 0.3 is 0 Å². The van der Waals surface area contributed by atoms with E-state index in [4.69, 9.17) is 10.5 Å². The van der Waals surface area contributed by atoms with Crippen LogP contribution in [0.5, 0.6) is 5.88 Å². The van der Waals surface area contributed by atoms with E-state index < -0.39 is 10.0 Å². The van der Waals surface area contributed by atoms with Gasteiger partial charge in [0, 0.05) is 25.4 Å². The van der Waals surface area contributed by atoms with Crippen LogP contribution in [-0.2, 0) is 16.6 Å². The standard InChI is InChI=1S/C29H29N5O3S/c1-20(22-12-8-5-9-13-22)34-26-16-23(14-15-25(26)32-29(34)30)24-17-27(28(37-3)31-18-24)38(35,36)33(2)19-21-10-6-4-7-11-21/h4-18,20H,19H2,1-3H3,(H2,30,32). The number of rotatable bonds is 8. The molecule has 5 aromatic rings. The second kappa shape index (κ2) is 10.3. The molecule has 0 amide bonds. The van der Waals surface area contributed by atoms with E-state index >= 15 is 0 Å². The maximum absolute atomic E-state index is 13.6. The lowest BCUT2D eigenvalue weighted by atomic mass is 10.1. The fraction of sp³-hybridized carbons (Fsp3) is 0.172. The number of imidazole rings is 1. The Bertz CT molecular complexity index is 1690. The van der Waals surface area contributed by atoms with Crippen molar-refractivity contribution in [3.63, 3.8) is 0 Å². The molecule has 2 heterocycles. The summed E-state index contributed by atoms with van der Waals surface area (Å²) in [6, 6.07) is 26.8. The Labute approximate surface area is 222 Å². The molecule has 2 N–H and O–H groups in total. The van der Waals surface area contributed by atoms with Crippen molar-refractivity contribution in [2.45, 2.75) is 24.4 Å². The molecule has 9 heteroatoms. The number of benzene rings is 3. The molecule has 0 radical (unpaired) electrons. The van der Waals surface area contributed by atoms with E-state index in [1.807, 2.05) is 71.3 Å². The summed E-state index contributed by atoms with van der Waals surface area (Å²) in [5.74, 6) is 0.453. The van der Waals surface area contributed by atoms with Gasteiger partial charge < -0.3 is 15.0 Å². The van der Waals surface area contributed by atoms with Crippen molar-refractivity contribution in [1.82, 2.24) is 18.8 Å². The summed E-state index contributed by atoms with van der Waals surface area (Å²) < 4.78 is 35.8. The van der Waals surface area contributed by atoms with Gasteiger partial charge in [-0.2, -0.15) is 4.31 Å². The molecule has 5 rings (SSSR count). The monoisotopic (exact) mass is 527 g/mol. The van der Waals surface area contributed by atoms with Gasteiger partial charge in [0.05, 0.1) is 24.2 Å². The SMILES string of the molecule is COc1ncc(-c2ccc3nc(N)n(C(C)c4ccccc4)c3c2)cc1S(=O)(=O)N(C)Cc1ccccc1. The molecule has 0 aliphatic rings. The maximum Gasteiger partial charge on any atom is 0.248 e. The van der Waals surface area contributed by atoms with Gasteiger partial charge in [-0.15, -0.1) is 0 Å². The van der Waals surface area contributed by atoms with Gasteiger partial charge in [0.1, 0.15) is 4.90 Å². The fourth-order valence-corrected chi connectivity index (χ4v) is 5.89. The highest BCUT2D eigenvalue weighted by Gasteiger charge is 2.27. The van der Waals surface area contributed by atoms with E-state index in [0.29, 0.717) is 11.5 Å². The van der Waals surface area contributed by atoms with Crippen LogP contribution in [0.1, 0.15) is 24.1 Å². The maximum atomic E-state index is 13.6. The van der Waals surface area contributed by atoms with Gasteiger partial charge in [0.15, 0.2) is 0 Å². The molecule has 0 fully saturated rings. The molecule has 0 aliphatic carbocycles. The minimum absolute atomic E-state index is 0.00158. The number of anilines is 1. The summed E-state index contributed by atoms with van der Waals surface area (Å²) in [7, 11) is -0.936. The number of hydrogen-bond acceptors (Lipinski definition) is 6. The Morgan fingerprint density at radius 2 is 1.66 bits per heavy atom. The molecular formula is C29H29N5O3S. The Kier molecular flexibility index (Phi) is 6.88. The van der Waals surface area contributed by atoms with Crippen LogP contribution in [-0.4, -0.2) is 41.4 Å². The van der Waals surface area contributed by atoms with Crippen LogP contribution in [0.15, 0.2) is 96.0 Å². The number of ether oxygens (including phenoxy) is 1. The van der Waals surface area contributed by atoms with Crippen molar-refractivity contribution in [3.05, 3.63) is 102 Å². The van der Waals surface area contributed by atoms with Crippen LogP contribution in [0.25, 0.3) is 22.2 Å². The van der Waals surface area contributed by atoms with Crippen LogP contribution in [0, 0.1) is 0 Å². The first-order valence-corrected chi connectivity index (χ1v) is 13.6. The first kappa shape index (κ1) is 25.4. The van der Waals surface area contributed by atoms with Gasteiger partial charge in [0.2, 0.25) is 21.9 Å². The van der Waals surface area contributed by atoms with Crippen molar-refractivity contribution in [1.29, 1.82) is 0 Å². The summed E-state index contributed by atoms with van der Waals surface area (Å²) in [6.07, 6.45) is 1.61. The van der Waals surface area contributed by atoms with Gasteiger partial charge in [-0.3, -0.25) is 0 Å². The second-order valence-electron chi connectivity index (χ2n) is 9.11. The van der Waals surface area contributed by atoms with Crippen molar-refractivity contribution in [2.24, 2.45) is 0 Å². The third-order valence-electron chi connectivity index (χ3n) is 6.67. The Hall–Kier alpha value is -4.21. The molecule has 1 unspecified atom stereocenters. The molecule has 0 saturated carbocycles. The fourth-order valence-electron chi connectivity index (χ4n) is 4.60. The summed E-state index contributed by atoms with van der Waals surface area (Å²) in [5, 5.41) is 0. The van der Waals surface area contributed by atoms with Crippen molar-refractivity contribution in [2.75, 3.05) is 19.9 Å².